The fourth-order valence-corrected chi connectivity index (χ4v) is 7.19. The molecule has 8 heteroatoms. The average Bonchev–Trinajstić information content (AvgIpc) is 3.24. The van der Waals surface area contributed by atoms with Crippen LogP contribution in [0.3, 0.4) is 0 Å². The Hall–Kier alpha value is -1.81. The third kappa shape index (κ3) is 5.39. The molecule has 1 aliphatic carbocycles. The largest absolute Gasteiger partial charge is 0.462 e. The van der Waals surface area contributed by atoms with Gasteiger partial charge in [-0.15, -0.1) is 0 Å². The second kappa shape index (κ2) is 11.5. The van der Waals surface area contributed by atoms with E-state index in [4.69, 9.17) is 23.7 Å². The van der Waals surface area contributed by atoms with Crippen molar-refractivity contribution >= 4 is 5.97 Å². The topological polar surface area (TPSA) is 104 Å². The van der Waals surface area contributed by atoms with Crippen molar-refractivity contribution < 1.29 is 38.7 Å². The number of rotatable bonds is 1. The van der Waals surface area contributed by atoms with Crippen molar-refractivity contribution in [3.8, 4) is 0 Å². The van der Waals surface area contributed by atoms with E-state index in [1.54, 1.807) is 26.2 Å². The second-order valence-corrected chi connectivity index (χ2v) is 12.7. The van der Waals surface area contributed by atoms with Crippen LogP contribution in [0, 0.1) is 17.8 Å². The average molecular weight is 559 g/mol. The van der Waals surface area contributed by atoms with Crippen LogP contribution in [0.25, 0.3) is 0 Å². The zero-order valence-corrected chi connectivity index (χ0v) is 24.7. The fraction of sp³-hybridized carbons (Fsp3) is 0.719. The minimum atomic E-state index is -1.72. The van der Waals surface area contributed by atoms with Crippen molar-refractivity contribution in [3.63, 3.8) is 0 Å². The van der Waals surface area contributed by atoms with Gasteiger partial charge in [-0.25, -0.2) is 0 Å². The van der Waals surface area contributed by atoms with Gasteiger partial charge in [-0.05, 0) is 56.3 Å². The van der Waals surface area contributed by atoms with E-state index in [0.717, 1.165) is 18.4 Å². The number of ether oxygens (including phenoxy) is 5. The Morgan fingerprint density at radius 3 is 2.60 bits per heavy atom. The molecule has 0 amide bonds. The Morgan fingerprint density at radius 1 is 1.10 bits per heavy atom. The number of hydrogen-bond acceptors (Lipinski definition) is 8. The summed E-state index contributed by atoms with van der Waals surface area (Å²) in [7, 11) is 1.71. The number of aliphatic hydroxyl groups excluding tert-OH is 1. The van der Waals surface area contributed by atoms with E-state index in [2.05, 4.69) is 33.8 Å². The molecular weight excluding hydrogens is 512 g/mol. The van der Waals surface area contributed by atoms with Crippen molar-refractivity contribution in [1.82, 2.24) is 0 Å². The summed E-state index contributed by atoms with van der Waals surface area (Å²) in [5.41, 5.74) is 0.505. The lowest BCUT2D eigenvalue weighted by Gasteiger charge is -2.49. The molecule has 0 aromatic carbocycles. The molecule has 8 nitrogen and oxygen atoms in total. The summed E-state index contributed by atoms with van der Waals surface area (Å²) in [4.78, 5) is 13.9. The highest BCUT2D eigenvalue weighted by Gasteiger charge is 2.60. The van der Waals surface area contributed by atoms with Crippen LogP contribution in [0.5, 0.6) is 0 Å². The van der Waals surface area contributed by atoms with Gasteiger partial charge >= 0.3 is 5.97 Å². The first-order valence-electron chi connectivity index (χ1n) is 14.8. The normalized spacial score (nSPS) is 49.6. The molecule has 4 heterocycles. The van der Waals surface area contributed by atoms with Gasteiger partial charge in [0, 0.05) is 32.3 Å². The quantitative estimate of drug-likeness (QED) is 0.365. The van der Waals surface area contributed by atoms with Crippen LogP contribution >= 0.6 is 0 Å². The third-order valence-corrected chi connectivity index (χ3v) is 9.78. The molecule has 0 aromatic rings. The lowest BCUT2D eigenvalue weighted by atomic mass is 9.71. The molecule has 0 aromatic heterocycles. The van der Waals surface area contributed by atoms with Gasteiger partial charge in [0.25, 0.3) is 0 Å². The molecule has 3 fully saturated rings. The summed E-state index contributed by atoms with van der Waals surface area (Å²) in [5, 5.41) is 23.0. The van der Waals surface area contributed by atoms with E-state index in [9.17, 15) is 15.0 Å². The summed E-state index contributed by atoms with van der Waals surface area (Å²) in [6.45, 7) is 10.3. The molecule has 2 bridgehead atoms. The lowest BCUT2D eigenvalue weighted by Crippen LogP contribution is -2.58. The van der Waals surface area contributed by atoms with Crippen molar-refractivity contribution in [2.75, 3.05) is 13.7 Å². The van der Waals surface area contributed by atoms with Crippen LogP contribution in [0.1, 0.15) is 66.7 Å². The zero-order chi connectivity index (χ0) is 28.8. The van der Waals surface area contributed by atoms with Gasteiger partial charge < -0.3 is 33.9 Å². The maximum Gasteiger partial charge on any atom is 0.316 e. The van der Waals surface area contributed by atoms with E-state index in [0.29, 0.717) is 36.3 Å². The number of aliphatic hydroxyl groups is 2. The minimum absolute atomic E-state index is 0.0275. The molecule has 222 valence electrons. The van der Waals surface area contributed by atoms with Gasteiger partial charge in [0.15, 0.2) is 5.79 Å². The molecule has 0 saturated carbocycles. The smallest absolute Gasteiger partial charge is 0.316 e. The van der Waals surface area contributed by atoms with Crippen LogP contribution in [-0.4, -0.2) is 77.9 Å². The Morgan fingerprint density at radius 2 is 1.88 bits per heavy atom. The maximum atomic E-state index is 13.9. The van der Waals surface area contributed by atoms with E-state index >= 15 is 0 Å². The minimum Gasteiger partial charge on any atom is -0.462 e. The maximum absolute atomic E-state index is 13.9. The second-order valence-electron chi connectivity index (χ2n) is 12.7. The third-order valence-electron chi connectivity index (χ3n) is 9.78. The van der Waals surface area contributed by atoms with Crippen LogP contribution in [0.4, 0.5) is 0 Å². The number of carbonyl (C=O) groups excluding carboxylic acids is 1. The first kappa shape index (κ1) is 29.7. The first-order chi connectivity index (χ1) is 19.0. The molecule has 1 spiro atoms. The molecule has 2 N–H and O–H groups in total. The molecule has 5 rings (SSSR count). The Labute approximate surface area is 238 Å². The lowest BCUT2D eigenvalue weighted by molar-refractivity contribution is -0.332. The molecular formula is C32H46O8. The van der Waals surface area contributed by atoms with Crippen LogP contribution in [0.2, 0.25) is 0 Å². The first-order valence-corrected chi connectivity index (χ1v) is 14.8. The summed E-state index contributed by atoms with van der Waals surface area (Å²) < 4.78 is 31.1. The SMILES string of the molecule is CO[C@H]1/C(C)=C/C[C@@H]2C[C@@H](C[C@]3(CC[C@H](C)[C@@H](C)O3)O2)OC(=O)[C@@H]2C=C(C)[C@@H](O)[C@H]3OC/C(=C\C=C\[C@@H]1C)[C@]32O. The molecule has 0 radical (unpaired) electrons. The van der Waals surface area contributed by atoms with Crippen LogP contribution in [-0.2, 0) is 28.5 Å². The predicted octanol–water partition coefficient (Wildman–Crippen LogP) is 4.16. The Bertz CT molecular complexity index is 1090. The van der Waals surface area contributed by atoms with Crippen molar-refractivity contribution in [1.29, 1.82) is 0 Å². The molecule has 0 unspecified atom stereocenters. The van der Waals surface area contributed by atoms with Gasteiger partial charge in [0.05, 0.1) is 24.9 Å². The van der Waals surface area contributed by atoms with Crippen molar-refractivity contribution in [2.45, 2.75) is 115 Å². The van der Waals surface area contributed by atoms with E-state index in [1.807, 2.05) is 12.2 Å². The van der Waals surface area contributed by atoms with E-state index in [1.165, 1.54) is 0 Å². The summed E-state index contributed by atoms with van der Waals surface area (Å²) in [5.74, 6) is -1.89. The number of fused-ring (bicyclic) bond motifs is 2. The molecule has 3 saturated heterocycles. The molecule has 40 heavy (non-hydrogen) atoms. The van der Waals surface area contributed by atoms with Crippen LogP contribution < -0.4 is 0 Å². The molecule has 4 aliphatic heterocycles. The van der Waals surface area contributed by atoms with Gasteiger partial charge in [-0.2, -0.15) is 0 Å². The van der Waals surface area contributed by atoms with Crippen molar-refractivity contribution in [3.05, 3.63) is 47.1 Å². The van der Waals surface area contributed by atoms with Gasteiger partial charge in [0.2, 0.25) is 0 Å². The Kier molecular flexibility index (Phi) is 8.50. The van der Waals surface area contributed by atoms with E-state index in [-0.39, 0.29) is 30.8 Å². The van der Waals surface area contributed by atoms with Crippen LogP contribution in [0.15, 0.2) is 47.1 Å². The number of methoxy groups -OCH3 is 1. The van der Waals surface area contributed by atoms with Gasteiger partial charge in [0.1, 0.15) is 29.8 Å². The zero-order valence-electron chi connectivity index (χ0n) is 24.7. The highest BCUT2D eigenvalue weighted by Crippen LogP contribution is 2.47. The Balaban J connectivity index is 1.55. The highest BCUT2D eigenvalue weighted by molar-refractivity contribution is 5.78. The molecule has 11 atom stereocenters. The van der Waals surface area contributed by atoms with E-state index < -0.39 is 41.6 Å². The standard InChI is InChI=1S/C32H46O8/c1-18-12-13-31(39-22(18)5)16-25-15-24(40-31)11-10-20(3)28(36-6)19(2)8-7-9-23-17-37-29-27(33)21(4)14-26(30(34)38-25)32(23,29)35/h7-10,14,18-19,22,24-29,33,35H,11-13,15-17H2,1-6H3/b8-7+,20-10+,23-9+/t18-,19-,22+,24+,25-,26-,27+,28+,29+,31-,32+/m0/s1. The number of carbonyl (C=O) groups is 1. The fourth-order valence-electron chi connectivity index (χ4n) is 7.19. The summed E-state index contributed by atoms with van der Waals surface area (Å²) in [6, 6.07) is 0. The number of hydrogen-bond donors (Lipinski definition) is 2. The molecule has 5 aliphatic rings. The monoisotopic (exact) mass is 558 g/mol. The summed E-state index contributed by atoms with van der Waals surface area (Å²) >= 11 is 0. The van der Waals surface area contributed by atoms with Gasteiger partial charge in [-0.3, -0.25) is 4.79 Å². The highest BCUT2D eigenvalue weighted by atomic mass is 16.7. The predicted molar refractivity (Wildman–Crippen MR) is 149 cm³/mol. The number of esters is 1. The number of allylic oxidation sites excluding steroid dienone is 2. The van der Waals surface area contributed by atoms with Crippen molar-refractivity contribution in [2.24, 2.45) is 17.8 Å². The summed E-state index contributed by atoms with van der Waals surface area (Å²) in [6.07, 6.45) is 10.1. The van der Waals surface area contributed by atoms with Gasteiger partial charge in [-0.1, -0.05) is 44.2 Å².